The molecule has 0 aliphatic heterocycles. The predicted octanol–water partition coefficient (Wildman–Crippen LogP) is 3.91. The Balaban J connectivity index is 2.14. The van der Waals surface area contributed by atoms with Crippen molar-refractivity contribution in [1.82, 2.24) is 4.90 Å². The Morgan fingerprint density at radius 1 is 1.32 bits per heavy atom. The van der Waals surface area contributed by atoms with E-state index >= 15 is 0 Å². The van der Waals surface area contributed by atoms with Gasteiger partial charge in [-0.15, -0.1) is 11.3 Å². The van der Waals surface area contributed by atoms with E-state index in [4.69, 9.17) is 28.9 Å². The van der Waals surface area contributed by atoms with E-state index in [2.05, 4.69) is 0 Å². The van der Waals surface area contributed by atoms with Crippen LogP contribution in [0.3, 0.4) is 0 Å². The largest absolute Gasteiger partial charge is 0.399 e. The molecule has 0 radical (unpaired) electrons. The zero-order valence-corrected chi connectivity index (χ0v) is 12.5. The van der Waals surface area contributed by atoms with Crippen molar-refractivity contribution in [2.45, 2.75) is 6.54 Å². The van der Waals surface area contributed by atoms with Gasteiger partial charge in [0.15, 0.2) is 0 Å². The van der Waals surface area contributed by atoms with Crippen molar-refractivity contribution < 1.29 is 4.79 Å². The van der Waals surface area contributed by atoms with Gasteiger partial charge in [-0.2, -0.15) is 0 Å². The number of hydrogen-bond acceptors (Lipinski definition) is 3. The second-order valence-electron chi connectivity index (χ2n) is 4.12. The van der Waals surface area contributed by atoms with Crippen LogP contribution in [-0.2, 0) is 6.54 Å². The highest BCUT2D eigenvalue weighted by Gasteiger charge is 2.15. The molecule has 0 saturated heterocycles. The summed E-state index contributed by atoms with van der Waals surface area (Å²) in [6.07, 6.45) is 0. The van der Waals surface area contributed by atoms with Crippen molar-refractivity contribution in [2.75, 3.05) is 12.8 Å². The van der Waals surface area contributed by atoms with Crippen LogP contribution in [0.2, 0.25) is 9.36 Å². The molecule has 1 amide bonds. The van der Waals surface area contributed by atoms with Gasteiger partial charge in [0.25, 0.3) is 5.91 Å². The number of thiophene rings is 1. The average molecular weight is 315 g/mol. The molecule has 2 N–H and O–H groups in total. The number of benzene rings is 1. The Morgan fingerprint density at radius 2 is 2.05 bits per heavy atom. The summed E-state index contributed by atoms with van der Waals surface area (Å²) >= 11 is 13.2. The molecule has 0 atom stereocenters. The molecule has 100 valence electrons. The number of carbonyl (C=O) groups excluding carboxylic acids is 1. The fraction of sp³-hybridized carbons (Fsp3) is 0.154. The molecular formula is C13H12Cl2N2OS. The van der Waals surface area contributed by atoms with Crippen LogP contribution in [0.1, 0.15) is 15.2 Å². The van der Waals surface area contributed by atoms with Gasteiger partial charge < -0.3 is 10.6 Å². The minimum absolute atomic E-state index is 0.0876. The summed E-state index contributed by atoms with van der Waals surface area (Å²) in [5.41, 5.74) is 7.16. The highest BCUT2D eigenvalue weighted by atomic mass is 35.5. The SMILES string of the molecule is CN(Cc1cc(N)ccc1Cl)C(=O)c1ccc(Cl)s1. The molecule has 2 aromatic rings. The molecule has 3 nitrogen and oxygen atoms in total. The van der Waals surface area contributed by atoms with E-state index in [1.807, 2.05) is 0 Å². The van der Waals surface area contributed by atoms with Crippen LogP contribution >= 0.6 is 34.5 Å². The smallest absolute Gasteiger partial charge is 0.264 e. The van der Waals surface area contributed by atoms with Crippen LogP contribution in [0, 0.1) is 0 Å². The molecule has 2 rings (SSSR count). The van der Waals surface area contributed by atoms with Gasteiger partial charge in [0, 0.05) is 24.3 Å². The molecule has 1 aromatic heterocycles. The number of nitrogens with two attached hydrogens (primary N) is 1. The summed E-state index contributed by atoms with van der Waals surface area (Å²) < 4.78 is 0.596. The van der Waals surface area contributed by atoms with Crippen molar-refractivity contribution in [3.63, 3.8) is 0 Å². The number of halogens is 2. The van der Waals surface area contributed by atoms with Gasteiger partial charge in [0.1, 0.15) is 0 Å². The Bertz CT molecular complexity index is 612. The average Bonchev–Trinajstić information content (AvgIpc) is 2.79. The minimum Gasteiger partial charge on any atom is -0.399 e. The quantitative estimate of drug-likeness (QED) is 0.873. The number of carbonyl (C=O) groups is 1. The third kappa shape index (κ3) is 3.41. The highest BCUT2D eigenvalue weighted by Crippen LogP contribution is 2.24. The lowest BCUT2D eigenvalue weighted by molar-refractivity contribution is 0.0790. The molecule has 0 unspecified atom stereocenters. The normalized spacial score (nSPS) is 10.5. The second-order valence-corrected chi connectivity index (χ2v) is 6.24. The van der Waals surface area contributed by atoms with Gasteiger partial charge in [-0.25, -0.2) is 0 Å². The van der Waals surface area contributed by atoms with Gasteiger partial charge in [-0.05, 0) is 35.9 Å². The fourth-order valence-corrected chi connectivity index (χ4v) is 2.88. The van der Waals surface area contributed by atoms with Crippen molar-refractivity contribution in [3.05, 3.63) is 50.1 Å². The maximum Gasteiger partial charge on any atom is 0.264 e. The van der Waals surface area contributed by atoms with E-state index < -0.39 is 0 Å². The summed E-state index contributed by atoms with van der Waals surface area (Å²) in [7, 11) is 1.72. The third-order valence-electron chi connectivity index (χ3n) is 2.61. The van der Waals surface area contributed by atoms with E-state index in [0.717, 1.165) is 5.56 Å². The highest BCUT2D eigenvalue weighted by molar-refractivity contribution is 7.17. The summed E-state index contributed by atoms with van der Waals surface area (Å²) in [5, 5.41) is 0.595. The first-order chi connectivity index (χ1) is 8.97. The lowest BCUT2D eigenvalue weighted by atomic mass is 10.2. The Labute approximate surface area is 125 Å². The Kier molecular flexibility index (Phi) is 4.34. The summed E-state index contributed by atoms with van der Waals surface area (Å²) in [6, 6.07) is 8.65. The molecule has 0 aliphatic rings. The zero-order valence-electron chi connectivity index (χ0n) is 10.2. The number of anilines is 1. The number of hydrogen-bond donors (Lipinski definition) is 1. The molecule has 0 fully saturated rings. The molecule has 19 heavy (non-hydrogen) atoms. The van der Waals surface area contributed by atoms with Crippen molar-refractivity contribution in [2.24, 2.45) is 0 Å². The van der Waals surface area contributed by atoms with Crippen molar-refractivity contribution in [3.8, 4) is 0 Å². The monoisotopic (exact) mass is 314 g/mol. The second kappa shape index (κ2) is 5.82. The van der Waals surface area contributed by atoms with Gasteiger partial charge >= 0.3 is 0 Å². The Hall–Kier alpha value is -1.23. The number of amides is 1. The Morgan fingerprint density at radius 3 is 2.68 bits per heavy atom. The molecule has 1 aromatic carbocycles. The topological polar surface area (TPSA) is 46.3 Å². The van der Waals surface area contributed by atoms with Crippen LogP contribution in [-0.4, -0.2) is 17.9 Å². The van der Waals surface area contributed by atoms with Gasteiger partial charge in [-0.3, -0.25) is 4.79 Å². The van der Waals surface area contributed by atoms with E-state index in [9.17, 15) is 4.79 Å². The van der Waals surface area contributed by atoms with Crippen LogP contribution in [0.4, 0.5) is 5.69 Å². The van der Waals surface area contributed by atoms with Gasteiger partial charge in [0.05, 0.1) is 9.21 Å². The zero-order chi connectivity index (χ0) is 14.0. The molecule has 0 saturated carbocycles. The number of nitrogen functional groups attached to an aromatic ring is 1. The minimum atomic E-state index is -0.0876. The first kappa shape index (κ1) is 14.2. The lowest BCUT2D eigenvalue weighted by Gasteiger charge is -2.17. The number of rotatable bonds is 3. The molecule has 0 bridgehead atoms. The predicted molar refractivity (Wildman–Crippen MR) is 81.0 cm³/mol. The summed E-state index contributed by atoms with van der Waals surface area (Å²) in [5.74, 6) is -0.0876. The van der Waals surface area contributed by atoms with Crippen LogP contribution < -0.4 is 5.73 Å². The van der Waals surface area contributed by atoms with Crippen molar-refractivity contribution in [1.29, 1.82) is 0 Å². The first-order valence-electron chi connectivity index (χ1n) is 5.52. The van der Waals surface area contributed by atoms with Crippen LogP contribution in [0.5, 0.6) is 0 Å². The maximum atomic E-state index is 12.2. The van der Waals surface area contributed by atoms with E-state index in [1.54, 1.807) is 42.3 Å². The molecule has 0 spiro atoms. The van der Waals surface area contributed by atoms with Gasteiger partial charge in [-0.1, -0.05) is 23.2 Å². The lowest BCUT2D eigenvalue weighted by Crippen LogP contribution is -2.25. The van der Waals surface area contributed by atoms with Crippen molar-refractivity contribution >= 4 is 46.1 Å². The third-order valence-corrected chi connectivity index (χ3v) is 4.20. The summed E-state index contributed by atoms with van der Waals surface area (Å²) in [6.45, 7) is 0.401. The first-order valence-corrected chi connectivity index (χ1v) is 7.09. The molecular weight excluding hydrogens is 303 g/mol. The van der Waals surface area contributed by atoms with Gasteiger partial charge in [0.2, 0.25) is 0 Å². The van der Waals surface area contributed by atoms with E-state index in [1.165, 1.54) is 11.3 Å². The molecule has 6 heteroatoms. The fourth-order valence-electron chi connectivity index (χ4n) is 1.66. The summed E-state index contributed by atoms with van der Waals surface area (Å²) in [4.78, 5) is 14.4. The standard InChI is InChI=1S/C13H12Cl2N2OS/c1-17(13(18)11-4-5-12(15)19-11)7-8-6-9(16)2-3-10(8)14/h2-6H,7,16H2,1H3. The molecule has 1 heterocycles. The van der Waals surface area contributed by atoms with Crippen LogP contribution in [0.25, 0.3) is 0 Å². The molecule has 0 aliphatic carbocycles. The number of nitrogens with zero attached hydrogens (tertiary/aromatic N) is 1. The van der Waals surface area contributed by atoms with Crippen LogP contribution in [0.15, 0.2) is 30.3 Å². The maximum absolute atomic E-state index is 12.2. The van der Waals surface area contributed by atoms with E-state index in [0.29, 0.717) is 26.5 Å². The van der Waals surface area contributed by atoms with E-state index in [-0.39, 0.29) is 5.91 Å².